The number of aliphatic hydroxyl groups is 2. The van der Waals surface area contributed by atoms with Crippen LogP contribution in [0.1, 0.15) is 46.1 Å². The van der Waals surface area contributed by atoms with Gasteiger partial charge in [-0.2, -0.15) is 10.5 Å². The standard InChI is InChI=1S/2C27H27N5O8S2/c2*1-38-21-8-6-9-22(39-2)26(21)32-24(30-31-27(32)19-7-5-10-25(29-19)40-3)16-42(36,37)15-20(33)18-12-11-17(14-28)13-23(18)41(4,34)35/h2*5-13,20,33H,15-16H2,1-4H3/t2*20-/m10/s1. The number of hydrogen-bond donors (Lipinski definition) is 2. The van der Waals surface area contributed by atoms with Crippen LogP contribution in [0.5, 0.6) is 34.8 Å². The summed E-state index contributed by atoms with van der Waals surface area (Å²) in [6.07, 6.45) is -1.62. The monoisotopic (exact) mass is 1230 g/mol. The zero-order chi connectivity index (χ0) is 61.3. The summed E-state index contributed by atoms with van der Waals surface area (Å²) in [5.74, 6) is -0.984. The molecule has 0 spiro atoms. The van der Waals surface area contributed by atoms with Crippen LogP contribution in [0.25, 0.3) is 34.4 Å². The molecule has 0 saturated carbocycles. The quantitative estimate of drug-likeness (QED) is 0.0939. The molecule has 0 aliphatic rings. The Labute approximate surface area is 483 Å². The van der Waals surface area contributed by atoms with E-state index in [-0.39, 0.29) is 67.1 Å². The number of benzene rings is 4. The molecule has 0 unspecified atom stereocenters. The minimum Gasteiger partial charge on any atom is -0.494 e. The van der Waals surface area contributed by atoms with Gasteiger partial charge in [-0.05, 0) is 60.7 Å². The fraction of sp³-hybridized carbons (Fsp3) is 0.259. The Morgan fingerprint density at radius 2 is 0.810 bits per heavy atom. The van der Waals surface area contributed by atoms with E-state index in [2.05, 4.69) is 30.4 Å². The summed E-state index contributed by atoms with van der Waals surface area (Å²) >= 11 is 0. The lowest BCUT2D eigenvalue weighted by molar-refractivity contribution is 0.198. The number of sulfone groups is 4. The van der Waals surface area contributed by atoms with Crippen molar-refractivity contribution < 1.29 is 72.3 Å². The predicted molar refractivity (Wildman–Crippen MR) is 302 cm³/mol. The first-order valence-corrected chi connectivity index (χ1v) is 31.9. The molecule has 0 bridgehead atoms. The van der Waals surface area contributed by atoms with E-state index >= 15 is 0 Å². The van der Waals surface area contributed by atoms with Crippen LogP contribution in [0.15, 0.2) is 119 Å². The van der Waals surface area contributed by atoms with Crippen molar-refractivity contribution in [3.63, 3.8) is 0 Å². The average molecular weight is 1230 g/mol. The van der Waals surface area contributed by atoms with E-state index in [4.69, 9.17) is 38.9 Å². The molecular formula is C54H54N10O16S4. The highest BCUT2D eigenvalue weighted by molar-refractivity contribution is 7.91. The van der Waals surface area contributed by atoms with Crippen molar-refractivity contribution in [3.8, 4) is 81.3 Å². The number of pyridine rings is 2. The number of methoxy groups -OCH3 is 6. The van der Waals surface area contributed by atoms with Crippen molar-refractivity contribution in [1.82, 2.24) is 39.5 Å². The number of ether oxygens (including phenoxy) is 6. The lowest BCUT2D eigenvalue weighted by Gasteiger charge is -2.18. The second-order valence-corrected chi connectivity index (χ2v) is 26.3. The van der Waals surface area contributed by atoms with E-state index in [0.717, 1.165) is 24.6 Å². The minimum absolute atomic E-state index is 0.0479. The third-order valence-corrected chi connectivity index (χ3v) is 17.7. The number of rotatable bonds is 22. The molecule has 0 radical (unpaired) electrons. The third-order valence-electron chi connectivity index (χ3n) is 12.4. The molecule has 8 aromatic rings. The minimum atomic E-state index is -4.17. The first-order chi connectivity index (χ1) is 39.8. The van der Waals surface area contributed by atoms with Gasteiger partial charge in [0.1, 0.15) is 57.3 Å². The number of para-hydroxylation sites is 2. The fourth-order valence-corrected chi connectivity index (χ4v) is 13.3. The largest absolute Gasteiger partial charge is 0.494 e. The van der Waals surface area contributed by atoms with Crippen molar-refractivity contribution in [2.45, 2.75) is 33.5 Å². The highest BCUT2D eigenvalue weighted by Crippen LogP contribution is 2.39. The number of nitriles is 2. The molecule has 0 saturated heterocycles. The SMILES string of the molecule is COc1cccc(-c2nnc(CS(=O)(=O)C[C@@H](O)c3ccc(C#N)cc3S(C)(=O)=O)n2-c2c(OC)cccc2OC)n1.COc1cccc(-c2nnc(CS(=O)(=O)C[C@H](O)c3ccc(C#N)cc3S(C)(=O)=O)n2-c2c(OC)cccc2OC)n1. The Morgan fingerprint density at radius 3 is 1.11 bits per heavy atom. The van der Waals surface area contributed by atoms with E-state index in [1.807, 2.05) is 12.1 Å². The number of aliphatic hydroxyl groups excluding tert-OH is 2. The van der Waals surface area contributed by atoms with Crippen LogP contribution in [0.2, 0.25) is 0 Å². The van der Waals surface area contributed by atoms with Gasteiger partial charge in [0.05, 0.1) is 99.4 Å². The summed E-state index contributed by atoms with van der Waals surface area (Å²) in [5.41, 5.74) is 1.05. The van der Waals surface area contributed by atoms with Crippen molar-refractivity contribution in [3.05, 3.63) is 143 Å². The average Bonchev–Trinajstić information content (AvgIpc) is 3.93. The van der Waals surface area contributed by atoms with Gasteiger partial charge in [-0.15, -0.1) is 20.4 Å². The van der Waals surface area contributed by atoms with E-state index in [9.17, 15) is 43.9 Å². The van der Waals surface area contributed by atoms with E-state index in [0.29, 0.717) is 45.8 Å². The van der Waals surface area contributed by atoms with Crippen LogP contribution < -0.4 is 28.4 Å². The van der Waals surface area contributed by atoms with Crippen molar-refractivity contribution in [2.75, 3.05) is 66.7 Å². The summed E-state index contributed by atoms with van der Waals surface area (Å²) < 4.78 is 139. The maximum absolute atomic E-state index is 13.5. The summed E-state index contributed by atoms with van der Waals surface area (Å²) in [5, 5.41) is 56.9. The normalized spacial score (nSPS) is 12.4. The lowest BCUT2D eigenvalue weighted by Crippen LogP contribution is -2.20. The van der Waals surface area contributed by atoms with Gasteiger partial charge >= 0.3 is 0 Å². The van der Waals surface area contributed by atoms with Crippen LogP contribution in [-0.2, 0) is 50.9 Å². The molecule has 0 fully saturated rings. The Morgan fingerprint density at radius 1 is 0.476 bits per heavy atom. The summed E-state index contributed by atoms with van der Waals surface area (Å²) in [6.45, 7) is 0. The van der Waals surface area contributed by atoms with Gasteiger partial charge in [-0.3, -0.25) is 9.13 Å². The maximum Gasteiger partial charge on any atom is 0.213 e. The van der Waals surface area contributed by atoms with Crippen molar-refractivity contribution in [1.29, 1.82) is 10.5 Å². The van der Waals surface area contributed by atoms with E-state index in [1.54, 1.807) is 72.8 Å². The van der Waals surface area contributed by atoms with Crippen molar-refractivity contribution >= 4 is 39.3 Å². The molecule has 26 nitrogen and oxygen atoms in total. The van der Waals surface area contributed by atoms with Crippen LogP contribution in [0.4, 0.5) is 0 Å². The summed E-state index contributed by atoms with van der Waals surface area (Å²) in [7, 11) is -7.47. The number of hydrogen-bond acceptors (Lipinski definition) is 24. The topological polar surface area (TPSA) is 367 Å². The van der Waals surface area contributed by atoms with Gasteiger partial charge in [0, 0.05) is 35.8 Å². The smallest absolute Gasteiger partial charge is 0.213 e. The molecular weight excluding hydrogens is 1170 g/mol. The molecule has 2 N–H and O–H groups in total. The summed E-state index contributed by atoms with van der Waals surface area (Å²) in [4.78, 5) is 8.14. The molecule has 0 aliphatic heterocycles. The van der Waals surface area contributed by atoms with Gasteiger partial charge < -0.3 is 38.6 Å². The molecule has 4 aromatic carbocycles. The van der Waals surface area contributed by atoms with Gasteiger partial charge in [-0.25, -0.2) is 43.6 Å². The predicted octanol–water partition coefficient (Wildman–Crippen LogP) is 4.56. The van der Waals surface area contributed by atoms with E-state index in [1.165, 1.54) is 76.1 Å². The number of aromatic nitrogens is 8. The fourth-order valence-electron chi connectivity index (χ4n) is 8.60. The second-order valence-electron chi connectivity index (χ2n) is 18.1. The highest BCUT2D eigenvalue weighted by atomic mass is 32.2. The number of nitrogens with zero attached hydrogens (tertiary/aromatic N) is 10. The zero-order valence-corrected chi connectivity index (χ0v) is 49.4. The van der Waals surface area contributed by atoms with Gasteiger partial charge in [0.2, 0.25) is 11.8 Å². The van der Waals surface area contributed by atoms with Crippen LogP contribution in [-0.4, -0.2) is 150 Å². The van der Waals surface area contributed by atoms with Crippen LogP contribution >= 0.6 is 0 Å². The Kier molecular flexibility index (Phi) is 19.4. The van der Waals surface area contributed by atoms with Crippen molar-refractivity contribution in [2.24, 2.45) is 0 Å². The third kappa shape index (κ3) is 14.2. The van der Waals surface area contributed by atoms with Crippen LogP contribution in [0.3, 0.4) is 0 Å². The van der Waals surface area contributed by atoms with Crippen LogP contribution in [0, 0.1) is 22.7 Å². The highest BCUT2D eigenvalue weighted by Gasteiger charge is 2.32. The Balaban J connectivity index is 0.000000241. The van der Waals surface area contributed by atoms with E-state index < -0.39 is 74.6 Å². The molecule has 0 amide bonds. The lowest BCUT2D eigenvalue weighted by atomic mass is 10.1. The second kappa shape index (κ2) is 26.0. The van der Waals surface area contributed by atoms with Gasteiger partial charge in [0.25, 0.3) is 0 Å². The Hall–Kier alpha value is -9.04. The maximum atomic E-state index is 13.5. The Bertz CT molecular complexity index is 4000. The molecule has 0 aliphatic carbocycles. The molecule has 8 rings (SSSR count). The first kappa shape index (κ1) is 62.6. The molecule has 440 valence electrons. The molecule has 84 heavy (non-hydrogen) atoms. The molecule has 2 atom stereocenters. The first-order valence-electron chi connectivity index (χ1n) is 24.4. The summed E-state index contributed by atoms with van der Waals surface area (Å²) in [6, 6.07) is 30.8. The van der Waals surface area contributed by atoms with Gasteiger partial charge in [-0.1, -0.05) is 36.4 Å². The molecule has 4 aromatic heterocycles. The zero-order valence-electron chi connectivity index (χ0n) is 46.1. The molecule has 4 heterocycles. The molecule has 30 heteroatoms. The van der Waals surface area contributed by atoms with Gasteiger partial charge in [0.15, 0.2) is 62.6 Å².